The Morgan fingerprint density at radius 2 is 1.12 bits per heavy atom. The molecule has 0 heterocycles. The minimum atomic E-state index is -0.821. The van der Waals surface area contributed by atoms with Crippen LogP contribution in [0.4, 0.5) is 0 Å². The summed E-state index contributed by atoms with van der Waals surface area (Å²) in [4.78, 5) is 22.8. The van der Waals surface area contributed by atoms with Gasteiger partial charge in [0.2, 0.25) is 0 Å². The Morgan fingerprint density at radius 3 is 1.50 bits per heavy atom. The monoisotopic (exact) mass is 456 g/mol. The zero-order chi connectivity index (χ0) is 24.1. The molecule has 190 valence electrons. The summed E-state index contributed by atoms with van der Waals surface area (Å²) in [6, 6.07) is 0. The SMILES string of the molecule is CCCCCCCCCCCCCCCCCCC(C[N+](C)(C)CC(=O)O)OC(=O)CC. The third-order valence-corrected chi connectivity index (χ3v) is 6.23. The molecule has 1 atom stereocenters. The van der Waals surface area contributed by atoms with Gasteiger partial charge in [-0.15, -0.1) is 0 Å². The molecule has 0 bridgehead atoms. The molecule has 0 radical (unpaired) electrons. The number of quaternary nitrogens is 1. The number of carboxylic acids is 1. The fourth-order valence-corrected chi connectivity index (χ4v) is 4.36. The molecule has 5 heteroatoms. The molecule has 0 aliphatic rings. The molecule has 0 aliphatic heterocycles. The van der Waals surface area contributed by atoms with Crippen molar-refractivity contribution in [1.82, 2.24) is 0 Å². The maximum atomic E-state index is 11.8. The van der Waals surface area contributed by atoms with Crippen molar-refractivity contribution in [3.63, 3.8) is 0 Å². The van der Waals surface area contributed by atoms with Gasteiger partial charge in [-0.25, -0.2) is 4.79 Å². The number of hydrogen-bond donors (Lipinski definition) is 1. The van der Waals surface area contributed by atoms with Gasteiger partial charge < -0.3 is 14.3 Å². The maximum absolute atomic E-state index is 11.8. The summed E-state index contributed by atoms with van der Waals surface area (Å²) in [6.07, 6.45) is 22.4. The number of hydrogen-bond acceptors (Lipinski definition) is 3. The van der Waals surface area contributed by atoms with Crippen LogP contribution in [0.1, 0.15) is 129 Å². The molecule has 32 heavy (non-hydrogen) atoms. The second-order valence-electron chi connectivity index (χ2n) is 10.2. The van der Waals surface area contributed by atoms with Gasteiger partial charge in [0.15, 0.2) is 12.6 Å². The molecular formula is C27H54NO4+. The zero-order valence-electron chi connectivity index (χ0n) is 21.8. The average molecular weight is 457 g/mol. The highest BCUT2D eigenvalue weighted by Gasteiger charge is 2.26. The molecule has 0 saturated carbocycles. The molecule has 0 aromatic heterocycles. The standard InChI is InChI=1S/C27H53NO4/c1-5-7-8-9-10-11-12-13-14-15-16-17-18-19-20-21-22-25(32-27(31)6-2)23-28(3,4)24-26(29)30/h25H,5-24H2,1-4H3/p+1. The molecule has 0 amide bonds. The van der Waals surface area contributed by atoms with Crippen molar-refractivity contribution in [3.05, 3.63) is 0 Å². The highest BCUT2D eigenvalue weighted by Crippen LogP contribution is 2.16. The first-order valence-corrected chi connectivity index (χ1v) is 13.5. The summed E-state index contributed by atoms with van der Waals surface area (Å²) in [7, 11) is 3.77. The molecule has 0 fully saturated rings. The quantitative estimate of drug-likeness (QED) is 0.101. The lowest BCUT2D eigenvalue weighted by molar-refractivity contribution is -0.886. The average Bonchev–Trinajstić information content (AvgIpc) is 2.71. The first kappa shape index (κ1) is 30.9. The predicted molar refractivity (Wildman–Crippen MR) is 134 cm³/mol. The Morgan fingerprint density at radius 1 is 0.719 bits per heavy atom. The fraction of sp³-hybridized carbons (Fsp3) is 0.926. The van der Waals surface area contributed by atoms with E-state index in [1.807, 2.05) is 14.1 Å². The minimum Gasteiger partial charge on any atom is -0.477 e. The van der Waals surface area contributed by atoms with E-state index in [0.29, 0.717) is 17.4 Å². The van der Waals surface area contributed by atoms with Crippen LogP contribution in [0.5, 0.6) is 0 Å². The van der Waals surface area contributed by atoms with Gasteiger partial charge in [-0.05, 0) is 12.8 Å². The van der Waals surface area contributed by atoms with Crippen LogP contribution >= 0.6 is 0 Å². The number of carbonyl (C=O) groups is 2. The van der Waals surface area contributed by atoms with Crippen LogP contribution in [0.15, 0.2) is 0 Å². The lowest BCUT2D eigenvalue weighted by Gasteiger charge is -2.31. The summed E-state index contributed by atoms with van der Waals surface area (Å²) in [6.45, 7) is 4.66. The third-order valence-electron chi connectivity index (χ3n) is 6.23. The number of nitrogens with zero attached hydrogens (tertiary/aromatic N) is 1. The van der Waals surface area contributed by atoms with Gasteiger partial charge >= 0.3 is 11.9 Å². The lowest BCUT2D eigenvalue weighted by atomic mass is 10.0. The Balaban J connectivity index is 3.74. The van der Waals surface area contributed by atoms with E-state index >= 15 is 0 Å². The Labute approximate surface area is 198 Å². The van der Waals surface area contributed by atoms with Gasteiger partial charge in [-0.3, -0.25) is 4.79 Å². The Hall–Kier alpha value is -1.10. The van der Waals surface area contributed by atoms with E-state index in [9.17, 15) is 9.59 Å². The highest BCUT2D eigenvalue weighted by atomic mass is 16.5. The molecule has 0 saturated heterocycles. The van der Waals surface area contributed by atoms with Crippen LogP contribution in [-0.4, -0.2) is 54.8 Å². The van der Waals surface area contributed by atoms with Crippen LogP contribution in [0.2, 0.25) is 0 Å². The highest BCUT2D eigenvalue weighted by molar-refractivity contribution is 5.69. The number of esters is 1. The molecule has 0 aliphatic carbocycles. The maximum Gasteiger partial charge on any atom is 0.359 e. The van der Waals surface area contributed by atoms with E-state index in [-0.39, 0.29) is 18.6 Å². The molecule has 0 spiro atoms. The van der Waals surface area contributed by atoms with Gasteiger partial charge in [0, 0.05) is 6.42 Å². The number of unbranched alkanes of at least 4 members (excludes halogenated alkanes) is 15. The van der Waals surface area contributed by atoms with Crippen molar-refractivity contribution >= 4 is 11.9 Å². The van der Waals surface area contributed by atoms with Crippen molar-refractivity contribution in [2.45, 2.75) is 136 Å². The van der Waals surface area contributed by atoms with Crippen molar-refractivity contribution in [3.8, 4) is 0 Å². The van der Waals surface area contributed by atoms with Crippen molar-refractivity contribution in [1.29, 1.82) is 0 Å². The largest absolute Gasteiger partial charge is 0.477 e. The summed E-state index contributed by atoms with van der Waals surface area (Å²) in [5, 5.41) is 9.09. The van der Waals surface area contributed by atoms with Crippen LogP contribution in [0.3, 0.4) is 0 Å². The topological polar surface area (TPSA) is 63.6 Å². The zero-order valence-corrected chi connectivity index (χ0v) is 21.8. The number of ether oxygens (including phenoxy) is 1. The summed E-state index contributed by atoms with van der Waals surface area (Å²) in [5.74, 6) is -1.01. The molecule has 1 unspecified atom stereocenters. The van der Waals surface area contributed by atoms with Gasteiger partial charge in [0.25, 0.3) is 0 Å². The number of likely N-dealkylation sites (N-methyl/N-ethyl adjacent to an activating group) is 1. The van der Waals surface area contributed by atoms with E-state index in [0.717, 1.165) is 19.3 Å². The second kappa shape index (κ2) is 20.5. The lowest BCUT2D eigenvalue weighted by Crippen LogP contribution is -2.49. The van der Waals surface area contributed by atoms with Crippen LogP contribution in [-0.2, 0) is 14.3 Å². The molecular weight excluding hydrogens is 402 g/mol. The van der Waals surface area contributed by atoms with Gasteiger partial charge in [-0.2, -0.15) is 0 Å². The van der Waals surface area contributed by atoms with E-state index < -0.39 is 5.97 Å². The smallest absolute Gasteiger partial charge is 0.359 e. The van der Waals surface area contributed by atoms with E-state index in [4.69, 9.17) is 9.84 Å². The molecule has 5 nitrogen and oxygen atoms in total. The summed E-state index contributed by atoms with van der Waals surface area (Å²) in [5.41, 5.74) is 0. The van der Waals surface area contributed by atoms with Crippen LogP contribution in [0.25, 0.3) is 0 Å². The minimum absolute atomic E-state index is 0.0408. The van der Waals surface area contributed by atoms with Crippen molar-refractivity contribution in [2.75, 3.05) is 27.2 Å². The number of carbonyl (C=O) groups excluding carboxylic acids is 1. The Kier molecular flexibility index (Phi) is 19.8. The summed E-state index contributed by atoms with van der Waals surface area (Å²) >= 11 is 0. The van der Waals surface area contributed by atoms with Crippen molar-refractivity contribution < 1.29 is 23.9 Å². The number of carboxylic acid groups (broad SMARTS) is 1. The summed E-state index contributed by atoms with van der Waals surface area (Å²) < 4.78 is 5.92. The second-order valence-corrected chi connectivity index (χ2v) is 10.2. The van der Waals surface area contributed by atoms with Crippen LogP contribution in [0, 0.1) is 0 Å². The van der Waals surface area contributed by atoms with Gasteiger partial charge in [-0.1, -0.05) is 110 Å². The predicted octanol–water partition coefficient (Wildman–Crippen LogP) is 7.12. The molecule has 0 rings (SSSR count). The van der Waals surface area contributed by atoms with Gasteiger partial charge in [0.1, 0.15) is 6.54 Å². The Bertz CT molecular complexity index is 465. The third kappa shape index (κ3) is 20.8. The first-order valence-electron chi connectivity index (χ1n) is 13.5. The van der Waals surface area contributed by atoms with E-state index in [1.165, 1.54) is 89.9 Å². The van der Waals surface area contributed by atoms with E-state index in [1.54, 1.807) is 6.92 Å². The fourth-order valence-electron chi connectivity index (χ4n) is 4.36. The number of rotatable bonds is 23. The normalized spacial score (nSPS) is 12.6. The number of aliphatic carboxylic acids is 1. The molecule has 0 aromatic rings. The van der Waals surface area contributed by atoms with E-state index in [2.05, 4.69) is 6.92 Å². The molecule has 1 N–H and O–H groups in total. The van der Waals surface area contributed by atoms with Crippen LogP contribution < -0.4 is 0 Å². The molecule has 0 aromatic carbocycles. The first-order chi connectivity index (χ1) is 15.3. The van der Waals surface area contributed by atoms with Crippen molar-refractivity contribution in [2.24, 2.45) is 0 Å². The van der Waals surface area contributed by atoms with Gasteiger partial charge in [0.05, 0.1) is 14.1 Å².